The Bertz CT molecular complexity index is 637. The fraction of sp³-hybridized carbons (Fsp3) is 0.286. The van der Waals surface area contributed by atoms with Crippen LogP contribution in [0.3, 0.4) is 0 Å². The molecule has 0 saturated carbocycles. The number of amides is 1. The van der Waals surface area contributed by atoms with E-state index < -0.39 is 17.6 Å². The molecule has 1 heterocycles. The van der Waals surface area contributed by atoms with E-state index >= 15 is 0 Å². The minimum Gasteiger partial charge on any atom is -0.310 e. The van der Waals surface area contributed by atoms with E-state index in [4.69, 9.17) is 0 Å². The van der Waals surface area contributed by atoms with Gasteiger partial charge in [0.1, 0.15) is 0 Å². The number of nitrogens with zero attached hydrogens (tertiary/aromatic N) is 1. The molecule has 0 aromatic heterocycles. The fourth-order valence-electron chi connectivity index (χ4n) is 2.13. The van der Waals surface area contributed by atoms with Crippen molar-refractivity contribution in [1.82, 2.24) is 4.90 Å². The van der Waals surface area contributed by atoms with Crippen LogP contribution >= 0.6 is 22.6 Å². The molecule has 0 radical (unpaired) electrons. The highest BCUT2D eigenvalue weighted by molar-refractivity contribution is 14.1. The molecule has 0 aliphatic carbocycles. The maximum atomic E-state index is 13.0. The molecule has 0 spiro atoms. The van der Waals surface area contributed by atoms with E-state index in [9.17, 15) is 22.8 Å². The van der Waals surface area contributed by atoms with E-state index in [0.717, 1.165) is 6.07 Å². The molecule has 2 rings (SSSR count). The highest BCUT2D eigenvalue weighted by Crippen LogP contribution is 2.34. The molecule has 0 N–H and O–H groups in total. The molecule has 0 atom stereocenters. The predicted octanol–water partition coefficient (Wildman–Crippen LogP) is 3.67. The van der Waals surface area contributed by atoms with Crippen LogP contribution in [-0.2, 0) is 22.3 Å². The minimum atomic E-state index is -4.48. The summed E-state index contributed by atoms with van der Waals surface area (Å²) in [5.41, 5.74) is -0.359. The van der Waals surface area contributed by atoms with Crippen molar-refractivity contribution >= 4 is 34.3 Å². The molecule has 0 saturated heterocycles. The van der Waals surface area contributed by atoms with Crippen molar-refractivity contribution in [2.45, 2.75) is 26.1 Å². The Hall–Kier alpha value is -1.38. The van der Waals surface area contributed by atoms with Gasteiger partial charge in [-0.1, -0.05) is 18.2 Å². The molecule has 1 aliphatic heterocycles. The summed E-state index contributed by atoms with van der Waals surface area (Å²) in [7, 11) is 0. The first-order chi connectivity index (χ1) is 9.71. The average molecular weight is 409 g/mol. The summed E-state index contributed by atoms with van der Waals surface area (Å²) in [6.07, 6.45) is -4.78. The average Bonchev–Trinajstić information content (AvgIpc) is 2.40. The van der Waals surface area contributed by atoms with Gasteiger partial charge in [0.15, 0.2) is 5.78 Å². The first-order valence-corrected chi connectivity index (χ1v) is 7.14. The number of carbonyl (C=O) groups is 2. The maximum absolute atomic E-state index is 13.0. The van der Waals surface area contributed by atoms with Crippen LogP contribution in [0.5, 0.6) is 0 Å². The summed E-state index contributed by atoms with van der Waals surface area (Å²) in [5, 5.41) is 0. The van der Waals surface area contributed by atoms with Gasteiger partial charge in [-0.05, 0) is 41.1 Å². The molecule has 7 heteroatoms. The second kappa shape index (κ2) is 5.78. The van der Waals surface area contributed by atoms with E-state index in [-0.39, 0.29) is 24.3 Å². The van der Waals surface area contributed by atoms with Crippen LogP contribution in [-0.4, -0.2) is 16.6 Å². The summed E-state index contributed by atoms with van der Waals surface area (Å²) in [4.78, 5) is 24.7. The van der Waals surface area contributed by atoms with Gasteiger partial charge in [-0.3, -0.25) is 9.59 Å². The number of alkyl halides is 3. The monoisotopic (exact) mass is 409 g/mol. The van der Waals surface area contributed by atoms with Gasteiger partial charge in [0.05, 0.1) is 22.1 Å². The van der Waals surface area contributed by atoms with Crippen molar-refractivity contribution in [1.29, 1.82) is 0 Å². The smallest absolute Gasteiger partial charge is 0.310 e. The lowest BCUT2D eigenvalue weighted by atomic mass is 10.0. The Morgan fingerprint density at radius 1 is 1.24 bits per heavy atom. The lowest BCUT2D eigenvalue weighted by Crippen LogP contribution is -2.36. The third-order valence-electron chi connectivity index (χ3n) is 3.23. The van der Waals surface area contributed by atoms with E-state index in [2.05, 4.69) is 0 Å². The second-order valence-corrected chi connectivity index (χ2v) is 5.71. The summed E-state index contributed by atoms with van der Waals surface area (Å²) in [6.45, 7) is 1.37. The number of Topliss-reactive ketones (excluding diaryl/α,β-unsaturated/α-hetero) is 1. The lowest BCUT2D eigenvalue weighted by Gasteiger charge is -2.29. The van der Waals surface area contributed by atoms with E-state index in [0.29, 0.717) is 9.28 Å². The molecular formula is C14H11F3INO2. The number of hydrogen-bond donors (Lipinski definition) is 0. The molecule has 0 fully saturated rings. The van der Waals surface area contributed by atoms with Crippen LogP contribution in [0.2, 0.25) is 0 Å². The number of carbonyl (C=O) groups excluding carboxylic acids is 2. The third-order valence-corrected chi connectivity index (χ3v) is 4.61. The second-order valence-electron chi connectivity index (χ2n) is 4.63. The van der Waals surface area contributed by atoms with Gasteiger partial charge in [0.25, 0.3) is 0 Å². The van der Waals surface area contributed by atoms with E-state index in [1.165, 1.54) is 23.1 Å². The van der Waals surface area contributed by atoms with Gasteiger partial charge >= 0.3 is 6.18 Å². The molecule has 3 nitrogen and oxygen atoms in total. The van der Waals surface area contributed by atoms with Gasteiger partial charge in [0, 0.05) is 5.70 Å². The number of benzene rings is 1. The van der Waals surface area contributed by atoms with Crippen molar-refractivity contribution in [3.8, 4) is 0 Å². The zero-order valence-corrected chi connectivity index (χ0v) is 13.2. The number of allylic oxidation sites excluding steroid dienone is 2. The van der Waals surface area contributed by atoms with Crippen LogP contribution in [0.1, 0.15) is 24.5 Å². The number of rotatable bonds is 2. The first kappa shape index (κ1) is 16.0. The van der Waals surface area contributed by atoms with Crippen molar-refractivity contribution in [2.75, 3.05) is 0 Å². The molecule has 1 aromatic rings. The molecule has 21 heavy (non-hydrogen) atoms. The summed E-state index contributed by atoms with van der Waals surface area (Å²) < 4.78 is 39.3. The Labute approximate surface area is 132 Å². The molecule has 1 aromatic carbocycles. The van der Waals surface area contributed by atoms with Crippen LogP contribution in [0, 0.1) is 0 Å². The summed E-state index contributed by atoms with van der Waals surface area (Å²) >= 11 is 1.82. The van der Waals surface area contributed by atoms with Crippen LogP contribution in [0.25, 0.3) is 0 Å². The van der Waals surface area contributed by atoms with Gasteiger partial charge < -0.3 is 4.90 Å². The summed E-state index contributed by atoms with van der Waals surface area (Å²) in [6, 6.07) is 5.13. The van der Waals surface area contributed by atoms with Gasteiger partial charge in [-0.25, -0.2) is 0 Å². The quantitative estimate of drug-likeness (QED) is 0.552. The van der Waals surface area contributed by atoms with Gasteiger partial charge in [-0.15, -0.1) is 0 Å². The number of halogens is 4. The lowest BCUT2D eigenvalue weighted by molar-refractivity contribution is -0.140. The van der Waals surface area contributed by atoms with Crippen LogP contribution in [0.4, 0.5) is 13.2 Å². The van der Waals surface area contributed by atoms with Crippen molar-refractivity contribution < 1.29 is 22.8 Å². The molecule has 1 aliphatic rings. The Morgan fingerprint density at radius 3 is 2.48 bits per heavy atom. The molecule has 0 unspecified atom stereocenters. The largest absolute Gasteiger partial charge is 0.416 e. The zero-order chi connectivity index (χ0) is 15.8. The molecule has 112 valence electrons. The molecule has 1 amide bonds. The number of ketones is 1. The topological polar surface area (TPSA) is 37.4 Å². The Kier molecular flexibility index (Phi) is 4.40. The van der Waals surface area contributed by atoms with Crippen LogP contribution < -0.4 is 0 Å². The van der Waals surface area contributed by atoms with Gasteiger partial charge in [-0.2, -0.15) is 13.2 Å². The highest BCUT2D eigenvalue weighted by Gasteiger charge is 2.35. The van der Waals surface area contributed by atoms with E-state index in [1.54, 1.807) is 6.92 Å². The highest BCUT2D eigenvalue weighted by atomic mass is 127. The minimum absolute atomic E-state index is 0.0104. The Balaban J connectivity index is 2.39. The molecular weight excluding hydrogens is 398 g/mol. The number of hydrogen-bond acceptors (Lipinski definition) is 2. The van der Waals surface area contributed by atoms with Crippen molar-refractivity contribution in [2.24, 2.45) is 0 Å². The first-order valence-electron chi connectivity index (χ1n) is 6.07. The zero-order valence-electron chi connectivity index (χ0n) is 11.0. The maximum Gasteiger partial charge on any atom is 0.416 e. The van der Waals surface area contributed by atoms with E-state index in [1.807, 2.05) is 22.6 Å². The summed E-state index contributed by atoms with van der Waals surface area (Å²) in [5.74, 6) is -0.770. The Morgan fingerprint density at radius 2 is 1.86 bits per heavy atom. The molecule has 0 bridgehead atoms. The fourth-order valence-corrected chi connectivity index (χ4v) is 2.61. The third kappa shape index (κ3) is 3.28. The predicted molar refractivity (Wildman–Crippen MR) is 78.3 cm³/mol. The van der Waals surface area contributed by atoms with Crippen molar-refractivity contribution in [3.05, 3.63) is 44.7 Å². The standard InChI is InChI=1S/C14H11F3INO2/c1-8-13(18)11(20)6-12(21)19(8)7-9-4-2-3-5-10(9)14(15,16)17/h2-5H,6-7H2,1H3. The normalized spacial score (nSPS) is 16.7. The van der Waals surface area contributed by atoms with Gasteiger partial charge in [0.2, 0.25) is 5.91 Å². The SMILES string of the molecule is CC1=C(I)C(=O)CC(=O)N1Cc1ccccc1C(F)(F)F. The van der Waals surface area contributed by atoms with Crippen molar-refractivity contribution in [3.63, 3.8) is 0 Å². The van der Waals surface area contributed by atoms with Crippen LogP contribution in [0.15, 0.2) is 33.5 Å².